The highest BCUT2D eigenvalue weighted by Crippen LogP contribution is 2.33. The molecule has 0 saturated heterocycles. The number of carbonyl (C=O) groups is 1. The first kappa shape index (κ1) is 20.3. The Labute approximate surface area is 178 Å². The van der Waals surface area contributed by atoms with Crippen molar-refractivity contribution < 1.29 is 19.2 Å². The molecule has 4 rings (SSSR count). The first-order valence-corrected chi connectivity index (χ1v) is 9.60. The third-order valence-electron chi connectivity index (χ3n) is 4.83. The van der Waals surface area contributed by atoms with E-state index >= 15 is 0 Å². The minimum absolute atomic E-state index is 0.0611. The lowest BCUT2D eigenvalue weighted by atomic mass is 10.1. The van der Waals surface area contributed by atoms with Crippen molar-refractivity contribution in [3.05, 3.63) is 93.6 Å². The fourth-order valence-electron chi connectivity index (χ4n) is 3.33. The van der Waals surface area contributed by atoms with Crippen molar-refractivity contribution in [1.82, 2.24) is 14.9 Å². The molecule has 2 aromatic carbocycles. The fourth-order valence-corrected chi connectivity index (χ4v) is 3.33. The lowest BCUT2D eigenvalue weighted by Gasteiger charge is -2.19. The first-order valence-electron chi connectivity index (χ1n) is 9.60. The van der Waals surface area contributed by atoms with Crippen molar-refractivity contribution >= 4 is 17.7 Å². The number of nitrogens with one attached hydrogen (secondary N) is 1. The van der Waals surface area contributed by atoms with E-state index in [2.05, 4.69) is 10.3 Å². The normalized spacial score (nSPS) is 12.9. The van der Waals surface area contributed by atoms with Gasteiger partial charge in [0.05, 0.1) is 17.9 Å². The predicted octanol–water partition coefficient (Wildman–Crippen LogP) is 3.04. The maximum absolute atomic E-state index is 12.4. The van der Waals surface area contributed by atoms with Crippen LogP contribution in [0.4, 0.5) is 5.69 Å². The van der Waals surface area contributed by atoms with Gasteiger partial charge in [0.15, 0.2) is 6.79 Å². The van der Waals surface area contributed by atoms with Crippen LogP contribution in [-0.4, -0.2) is 27.2 Å². The zero-order valence-corrected chi connectivity index (χ0v) is 16.6. The van der Waals surface area contributed by atoms with Crippen LogP contribution in [0.5, 0.6) is 5.75 Å². The third kappa shape index (κ3) is 4.96. The molecule has 9 nitrogen and oxygen atoms in total. The van der Waals surface area contributed by atoms with Crippen LogP contribution in [0.15, 0.2) is 61.2 Å². The monoisotopic (exact) mass is 420 g/mol. The molecule has 0 aliphatic carbocycles. The molecule has 31 heavy (non-hydrogen) atoms. The molecule has 3 aromatic rings. The quantitative estimate of drug-likeness (QED) is 0.358. The standard InChI is InChI=1S/C22H20N4O5/c27-21(24-11-17-3-1-2-4-18(17)12-25-8-7-23-14-25)6-5-16-9-20(26(28)29)10-19-13-30-15-31-22(16)19/h1-10,14H,11-13,15H2,(H,24,27)/b6-5+. The molecule has 0 bridgehead atoms. The highest BCUT2D eigenvalue weighted by molar-refractivity contribution is 5.92. The van der Waals surface area contributed by atoms with Gasteiger partial charge in [-0.25, -0.2) is 4.98 Å². The molecule has 9 heteroatoms. The number of nitrogens with zero attached hydrogens (tertiary/aromatic N) is 3. The summed E-state index contributed by atoms with van der Waals surface area (Å²) in [4.78, 5) is 27.2. The van der Waals surface area contributed by atoms with Gasteiger partial charge in [0.1, 0.15) is 5.75 Å². The predicted molar refractivity (Wildman–Crippen MR) is 112 cm³/mol. The van der Waals surface area contributed by atoms with Crippen molar-refractivity contribution in [2.24, 2.45) is 0 Å². The molecule has 0 fully saturated rings. The van der Waals surface area contributed by atoms with Gasteiger partial charge in [-0.3, -0.25) is 14.9 Å². The van der Waals surface area contributed by atoms with Gasteiger partial charge in [0.25, 0.3) is 5.69 Å². The van der Waals surface area contributed by atoms with Gasteiger partial charge in [-0.05, 0) is 17.2 Å². The van der Waals surface area contributed by atoms with Crippen LogP contribution in [0.25, 0.3) is 6.08 Å². The summed E-state index contributed by atoms with van der Waals surface area (Å²) in [6.45, 7) is 1.29. The molecular weight excluding hydrogens is 400 g/mol. The number of nitro benzene ring substituents is 1. The van der Waals surface area contributed by atoms with E-state index in [0.717, 1.165) is 11.1 Å². The Morgan fingerprint density at radius 2 is 2.13 bits per heavy atom. The lowest BCUT2D eigenvalue weighted by molar-refractivity contribution is -0.385. The van der Waals surface area contributed by atoms with Gasteiger partial charge < -0.3 is 19.4 Å². The zero-order chi connectivity index (χ0) is 21.6. The molecule has 0 radical (unpaired) electrons. The van der Waals surface area contributed by atoms with Crippen LogP contribution in [0.1, 0.15) is 22.3 Å². The van der Waals surface area contributed by atoms with Crippen LogP contribution < -0.4 is 10.1 Å². The van der Waals surface area contributed by atoms with Crippen LogP contribution in [-0.2, 0) is 29.2 Å². The first-order chi connectivity index (χ1) is 15.1. The molecule has 1 aliphatic rings. The van der Waals surface area contributed by atoms with Gasteiger partial charge in [-0.2, -0.15) is 0 Å². The summed E-state index contributed by atoms with van der Waals surface area (Å²) in [6, 6.07) is 10.6. The maximum Gasteiger partial charge on any atom is 0.270 e. The number of carbonyl (C=O) groups excluding carboxylic acids is 1. The highest BCUT2D eigenvalue weighted by atomic mass is 16.7. The number of ether oxygens (including phenoxy) is 2. The molecule has 1 N–H and O–H groups in total. The molecule has 158 valence electrons. The second kappa shape index (κ2) is 9.23. The minimum atomic E-state index is -0.483. The Bertz CT molecular complexity index is 1120. The fraction of sp³-hybridized carbons (Fsp3) is 0.182. The number of fused-ring (bicyclic) bond motifs is 1. The van der Waals surface area contributed by atoms with Crippen molar-refractivity contribution in [2.45, 2.75) is 19.7 Å². The summed E-state index contributed by atoms with van der Waals surface area (Å²) in [7, 11) is 0. The van der Waals surface area contributed by atoms with Crippen molar-refractivity contribution in [3.63, 3.8) is 0 Å². The maximum atomic E-state index is 12.4. The lowest BCUT2D eigenvalue weighted by Crippen LogP contribution is -2.21. The van der Waals surface area contributed by atoms with E-state index in [9.17, 15) is 14.9 Å². The smallest absolute Gasteiger partial charge is 0.270 e. The third-order valence-corrected chi connectivity index (χ3v) is 4.83. The number of benzene rings is 2. The zero-order valence-electron chi connectivity index (χ0n) is 16.6. The molecule has 0 atom stereocenters. The topological polar surface area (TPSA) is 109 Å². The summed E-state index contributed by atoms with van der Waals surface area (Å²) in [5, 5.41) is 14.1. The van der Waals surface area contributed by atoms with E-state index < -0.39 is 4.92 Å². The van der Waals surface area contributed by atoms with Gasteiger partial charge in [-0.1, -0.05) is 24.3 Å². The van der Waals surface area contributed by atoms with Gasteiger partial charge in [0, 0.05) is 54.8 Å². The average molecular weight is 420 g/mol. The highest BCUT2D eigenvalue weighted by Gasteiger charge is 2.19. The van der Waals surface area contributed by atoms with Crippen LogP contribution in [0.2, 0.25) is 0 Å². The Morgan fingerprint density at radius 1 is 1.29 bits per heavy atom. The van der Waals surface area contributed by atoms with Crippen LogP contribution >= 0.6 is 0 Å². The number of rotatable bonds is 7. The molecule has 0 unspecified atom stereocenters. The summed E-state index contributed by atoms with van der Waals surface area (Å²) in [5.41, 5.74) is 3.02. The summed E-state index contributed by atoms with van der Waals surface area (Å²) in [6.07, 6.45) is 8.20. The molecule has 1 aromatic heterocycles. The molecule has 1 aliphatic heterocycles. The summed E-state index contributed by atoms with van der Waals surface area (Å²) >= 11 is 0. The van der Waals surface area contributed by atoms with E-state index in [1.54, 1.807) is 12.5 Å². The number of hydrogen-bond acceptors (Lipinski definition) is 6. The Balaban J connectivity index is 1.45. The molecular formula is C22H20N4O5. The van der Waals surface area contributed by atoms with E-state index in [4.69, 9.17) is 9.47 Å². The van der Waals surface area contributed by atoms with Gasteiger partial charge in [0.2, 0.25) is 5.91 Å². The number of amides is 1. The molecule has 0 spiro atoms. The molecule has 0 saturated carbocycles. The Kier molecular flexibility index (Phi) is 6.04. The van der Waals surface area contributed by atoms with E-state index in [1.165, 1.54) is 24.3 Å². The second-order valence-electron chi connectivity index (χ2n) is 6.95. The largest absolute Gasteiger partial charge is 0.467 e. The number of imidazole rings is 1. The van der Waals surface area contributed by atoms with Gasteiger partial charge >= 0.3 is 0 Å². The van der Waals surface area contributed by atoms with Gasteiger partial charge in [-0.15, -0.1) is 0 Å². The van der Waals surface area contributed by atoms with E-state index in [1.807, 2.05) is 35.0 Å². The molecule has 2 heterocycles. The van der Waals surface area contributed by atoms with Crippen LogP contribution in [0, 0.1) is 10.1 Å². The van der Waals surface area contributed by atoms with Crippen molar-refractivity contribution in [3.8, 4) is 5.75 Å². The Hall–Kier alpha value is -3.98. The number of hydrogen-bond donors (Lipinski definition) is 1. The summed E-state index contributed by atoms with van der Waals surface area (Å²) in [5.74, 6) is 0.177. The molecule has 1 amide bonds. The summed E-state index contributed by atoms with van der Waals surface area (Å²) < 4.78 is 12.6. The van der Waals surface area contributed by atoms with Crippen LogP contribution in [0.3, 0.4) is 0 Å². The van der Waals surface area contributed by atoms with Crippen molar-refractivity contribution in [1.29, 1.82) is 0 Å². The van der Waals surface area contributed by atoms with E-state index in [-0.39, 0.29) is 25.0 Å². The number of aromatic nitrogens is 2. The average Bonchev–Trinajstić information content (AvgIpc) is 3.29. The minimum Gasteiger partial charge on any atom is -0.467 e. The number of nitro groups is 1. The Morgan fingerprint density at radius 3 is 2.90 bits per heavy atom. The number of non-ortho nitro benzene ring substituents is 1. The SMILES string of the molecule is O=C(/C=C/c1cc([N+](=O)[O-])cc2c1OCOC2)NCc1ccccc1Cn1ccnc1. The van der Waals surface area contributed by atoms with E-state index in [0.29, 0.717) is 30.0 Å². The van der Waals surface area contributed by atoms with Crippen molar-refractivity contribution in [2.75, 3.05) is 6.79 Å². The second-order valence-corrected chi connectivity index (χ2v) is 6.95.